The van der Waals surface area contributed by atoms with Crippen LogP contribution in [0.5, 0.6) is 0 Å². The van der Waals surface area contributed by atoms with Crippen molar-refractivity contribution in [2.24, 2.45) is 11.3 Å². The molecule has 94 valence electrons. The molecule has 0 spiro atoms. The molecule has 2 rings (SSSR count). The van der Waals surface area contributed by atoms with E-state index in [2.05, 4.69) is 19.2 Å². The second-order valence-corrected chi connectivity index (χ2v) is 6.33. The molecule has 0 aromatic rings. The third kappa shape index (κ3) is 2.96. The van der Waals surface area contributed by atoms with E-state index in [0.29, 0.717) is 11.3 Å². The van der Waals surface area contributed by atoms with Gasteiger partial charge in [0.1, 0.15) is 0 Å². The topological polar surface area (TPSA) is 41.5 Å². The summed E-state index contributed by atoms with van der Waals surface area (Å²) in [6.07, 6.45) is 4.35. The standard InChI is InChI=1S/C13H25NO2/c1-11-4-3-5-13(15,6-11)8-14-7-12(2)9-16-10-12/h11,14-15H,3-10H2,1-2H3. The van der Waals surface area contributed by atoms with Crippen LogP contribution in [0.1, 0.15) is 39.5 Å². The maximum absolute atomic E-state index is 10.4. The number of hydrogen-bond acceptors (Lipinski definition) is 3. The molecule has 2 unspecified atom stereocenters. The van der Waals surface area contributed by atoms with E-state index in [1.807, 2.05) is 0 Å². The van der Waals surface area contributed by atoms with Gasteiger partial charge < -0.3 is 15.2 Å². The van der Waals surface area contributed by atoms with Crippen LogP contribution in [0.2, 0.25) is 0 Å². The van der Waals surface area contributed by atoms with Gasteiger partial charge in [-0.05, 0) is 18.8 Å². The van der Waals surface area contributed by atoms with Gasteiger partial charge in [-0.25, -0.2) is 0 Å². The maximum atomic E-state index is 10.4. The van der Waals surface area contributed by atoms with Gasteiger partial charge in [-0.3, -0.25) is 0 Å². The maximum Gasteiger partial charge on any atom is 0.0774 e. The molecular formula is C13H25NO2. The molecule has 0 amide bonds. The first-order valence-corrected chi connectivity index (χ1v) is 6.52. The summed E-state index contributed by atoms with van der Waals surface area (Å²) in [4.78, 5) is 0. The van der Waals surface area contributed by atoms with Crippen molar-refractivity contribution in [3.8, 4) is 0 Å². The van der Waals surface area contributed by atoms with Gasteiger partial charge in [0, 0.05) is 18.5 Å². The fraction of sp³-hybridized carbons (Fsp3) is 1.00. The van der Waals surface area contributed by atoms with E-state index in [0.717, 1.165) is 39.1 Å². The summed E-state index contributed by atoms with van der Waals surface area (Å²) in [5.41, 5.74) is -0.157. The molecule has 3 nitrogen and oxygen atoms in total. The molecule has 1 saturated heterocycles. The first-order chi connectivity index (χ1) is 7.52. The number of rotatable bonds is 4. The highest BCUT2D eigenvalue weighted by molar-refractivity contribution is 4.89. The van der Waals surface area contributed by atoms with Crippen LogP contribution >= 0.6 is 0 Å². The Morgan fingerprint density at radius 2 is 2.12 bits per heavy atom. The minimum atomic E-state index is -0.460. The van der Waals surface area contributed by atoms with Crippen molar-refractivity contribution in [3.05, 3.63) is 0 Å². The lowest BCUT2D eigenvalue weighted by atomic mass is 9.78. The molecule has 0 aromatic heterocycles. The van der Waals surface area contributed by atoms with Crippen LogP contribution in [0, 0.1) is 11.3 Å². The molecule has 1 aliphatic heterocycles. The minimum absolute atomic E-state index is 0.302. The van der Waals surface area contributed by atoms with E-state index in [1.54, 1.807) is 0 Å². The smallest absolute Gasteiger partial charge is 0.0774 e. The van der Waals surface area contributed by atoms with Crippen molar-refractivity contribution in [1.82, 2.24) is 5.32 Å². The van der Waals surface area contributed by atoms with Crippen molar-refractivity contribution in [3.63, 3.8) is 0 Å². The molecule has 0 aromatic carbocycles. The summed E-state index contributed by atoms with van der Waals surface area (Å²) < 4.78 is 5.22. The van der Waals surface area contributed by atoms with E-state index in [1.165, 1.54) is 12.8 Å². The molecule has 0 bridgehead atoms. The Morgan fingerprint density at radius 3 is 2.69 bits per heavy atom. The van der Waals surface area contributed by atoms with Gasteiger partial charge in [-0.2, -0.15) is 0 Å². The summed E-state index contributed by atoms with van der Waals surface area (Å²) in [5, 5.41) is 13.9. The van der Waals surface area contributed by atoms with Gasteiger partial charge in [0.2, 0.25) is 0 Å². The van der Waals surface area contributed by atoms with Gasteiger partial charge in [0.05, 0.1) is 18.8 Å². The highest BCUT2D eigenvalue weighted by atomic mass is 16.5. The van der Waals surface area contributed by atoms with Gasteiger partial charge in [0.15, 0.2) is 0 Å². The molecule has 16 heavy (non-hydrogen) atoms. The van der Waals surface area contributed by atoms with Crippen molar-refractivity contribution in [2.75, 3.05) is 26.3 Å². The lowest BCUT2D eigenvalue weighted by molar-refractivity contribution is -0.102. The average molecular weight is 227 g/mol. The monoisotopic (exact) mass is 227 g/mol. The summed E-state index contributed by atoms with van der Waals surface area (Å²) in [6.45, 7) is 7.89. The number of aliphatic hydroxyl groups is 1. The SMILES string of the molecule is CC1CCCC(O)(CNCC2(C)COC2)C1. The van der Waals surface area contributed by atoms with Gasteiger partial charge in [0.25, 0.3) is 0 Å². The van der Waals surface area contributed by atoms with Crippen molar-refractivity contribution < 1.29 is 9.84 Å². The van der Waals surface area contributed by atoms with E-state index < -0.39 is 5.60 Å². The number of ether oxygens (including phenoxy) is 1. The largest absolute Gasteiger partial charge is 0.389 e. The molecule has 0 radical (unpaired) electrons. The highest BCUT2D eigenvalue weighted by Crippen LogP contribution is 2.32. The molecular weight excluding hydrogens is 202 g/mol. The zero-order valence-electron chi connectivity index (χ0n) is 10.6. The first-order valence-electron chi connectivity index (χ1n) is 6.52. The van der Waals surface area contributed by atoms with E-state index in [4.69, 9.17) is 4.74 Å². The predicted molar refractivity (Wildman–Crippen MR) is 64.4 cm³/mol. The van der Waals surface area contributed by atoms with E-state index >= 15 is 0 Å². The molecule has 2 fully saturated rings. The minimum Gasteiger partial charge on any atom is -0.389 e. The lowest BCUT2D eigenvalue weighted by Gasteiger charge is -2.40. The zero-order valence-corrected chi connectivity index (χ0v) is 10.6. The Hall–Kier alpha value is -0.120. The highest BCUT2D eigenvalue weighted by Gasteiger charge is 2.35. The fourth-order valence-corrected chi connectivity index (χ4v) is 2.94. The fourth-order valence-electron chi connectivity index (χ4n) is 2.94. The van der Waals surface area contributed by atoms with E-state index in [9.17, 15) is 5.11 Å². The Labute approximate surface area is 98.6 Å². The van der Waals surface area contributed by atoms with Crippen LogP contribution in [-0.2, 0) is 4.74 Å². The van der Waals surface area contributed by atoms with Crippen molar-refractivity contribution in [2.45, 2.75) is 45.1 Å². The summed E-state index contributed by atoms with van der Waals surface area (Å²) in [6, 6.07) is 0. The summed E-state index contributed by atoms with van der Waals surface area (Å²) in [5.74, 6) is 0.670. The molecule has 1 saturated carbocycles. The quantitative estimate of drug-likeness (QED) is 0.766. The summed E-state index contributed by atoms with van der Waals surface area (Å²) >= 11 is 0. The second-order valence-electron chi connectivity index (χ2n) is 6.33. The van der Waals surface area contributed by atoms with Crippen LogP contribution in [0.4, 0.5) is 0 Å². The molecule has 2 aliphatic rings. The molecule has 2 atom stereocenters. The van der Waals surface area contributed by atoms with Crippen molar-refractivity contribution in [1.29, 1.82) is 0 Å². The lowest BCUT2D eigenvalue weighted by Crippen LogP contribution is -2.51. The van der Waals surface area contributed by atoms with Crippen LogP contribution in [-0.4, -0.2) is 37.0 Å². The third-order valence-corrected chi connectivity index (χ3v) is 3.97. The van der Waals surface area contributed by atoms with Gasteiger partial charge >= 0.3 is 0 Å². The Balaban J connectivity index is 1.71. The third-order valence-electron chi connectivity index (χ3n) is 3.97. The van der Waals surface area contributed by atoms with E-state index in [-0.39, 0.29) is 0 Å². The Morgan fingerprint density at radius 1 is 1.38 bits per heavy atom. The van der Waals surface area contributed by atoms with Gasteiger partial charge in [-0.1, -0.05) is 26.7 Å². The van der Waals surface area contributed by atoms with Gasteiger partial charge in [-0.15, -0.1) is 0 Å². The Bertz CT molecular complexity index is 240. The van der Waals surface area contributed by atoms with Crippen LogP contribution in [0.15, 0.2) is 0 Å². The number of hydrogen-bond donors (Lipinski definition) is 2. The van der Waals surface area contributed by atoms with Crippen LogP contribution in [0.25, 0.3) is 0 Å². The van der Waals surface area contributed by atoms with Crippen LogP contribution < -0.4 is 5.32 Å². The molecule has 3 heteroatoms. The zero-order chi connectivity index (χ0) is 11.6. The van der Waals surface area contributed by atoms with Crippen LogP contribution in [0.3, 0.4) is 0 Å². The second kappa shape index (κ2) is 4.63. The molecule has 1 heterocycles. The summed E-state index contributed by atoms with van der Waals surface area (Å²) in [7, 11) is 0. The first kappa shape index (κ1) is 12.3. The average Bonchev–Trinajstić information content (AvgIpc) is 2.14. The Kier molecular flexibility index (Phi) is 3.57. The molecule has 2 N–H and O–H groups in total. The predicted octanol–water partition coefficient (Wildman–Crippen LogP) is 1.55. The molecule has 1 aliphatic carbocycles. The number of nitrogens with one attached hydrogen (secondary N) is 1. The normalized spacial score (nSPS) is 38.1. The van der Waals surface area contributed by atoms with Crippen molar-refractivity contribution >= 4 is 0 Å².